The highest BCUT2D eigenvalue weighted by molar-refractivity contribution is 5.81. The van der Waals surface area contributed by atoms with Crippen molar-refractivity contribution in [3.63, 3.8) is 0 Å². The quantitative estimate of drug-likeness (QED) is 0.730. The summed E-state index contributed by atoms with van der Waals surface area (Å²) in [7, 11) is 0. The lowest BCUT2D eigenvalue weighted by molar-refractivity contribution is -0.146. The summed E-state index contributed by atoms with van der Waals surface area (Å²) in [5, 5.41) is 19.7. The Morgan fingerprint density at radius 3 is 2.07 bits per heavy atom. The topological polar surface area (TPSA) is 64.3 Å². The summed E-state index contributed by atoms with van der Waals surface area (Å²) >= 11 is 0. The van der Waals surface area contributed by atoms with Gasteiger partial charge < -0.3 is 10.0 Å². The molecule has 1 saturated heterocycles. The van der Waals surface area contributed by atoms with Crippen LogP contribution in [0.1, 0.15) is 17.0 Å². The van der Waals surface area contributed by atoms with E-state index in [2.05, 4.69) is 18.2 Å². The first-order chi connectivity index (χ1) is 14.2. The highest BCUT2D eigenvalue weighted by atomic mass is 16.3. The van der Waals surface area contributed by atoms with Gasteiger partial charge in [0.15, 0.2) is 0 Å². The second-order valence-electron chi connectivity index (χ2n) is 7.30. The van der Waals surface area contributed by atoms with E-state index in [9.17, 15) is 15.2 Å². The Labute approximate surface area is 170 Å². The van der Waals surface area contributed by atoms with E-state index in [1.165, 1.54) is 0 Å². The third-order valence-electron chi connectivity index (χ3n) is 5.62. The lowest BCUT2D eigenvalue weighted by atomic mass is 9.75. The third kappa shape index (κ3) is 3.65. The highest BCUT2D eigenvalue weighted by Gasteiger charge is 2.51. The molecule has 1 heterocycles. The van der Waals surface area contributed by atoms with Gasteiger partial charge in [-0.05, 0) is 22.3 Å². The van der Waals surface area contributed by atoms with Crippen molar-refractivity contribution in [2.75, 3.05) is 6.61 Å². The van der Waals surface area contributed by atoms with E-state index in [1.54, 1.807) is 4.90 Å². The van der Waals surface area contributed by atoms with E-state index in [1.807, 2.05) is 72.8 Å². The van der Waals surface area contributed by atoms with Gasteiger partial charge in [-0.25, -0.2) is 0 Å². The minimum Gasteiger partial charge on any atom is -0.394 e. The smallest absolute Gasteiger partial charge is 0.228 e. The Morgan fingerprint density at radius 2 is 1.48 bits per heavy atom. The normalized spacial score (nSPS) is 20.6. The van der Waals surface area contributed by atoms with E-state index in [4.69, 9.17) is 0 Å². The summed E-state index contributed by atoms with van der Waals surface area (Å²) in [6.07, 6.45) is 0.231. The average molecular weight is 382 g/mol. The molecule has 3 atom stereocenters. The predicted molar refractivity (Wildman–Crippen MR) is 112 cm³/mol. The summed E-state index contributed by atoms with van der Waals surface area (Å²) in [6, 6.07) is 28.9. The lowest BCUT2D eigenvalue weighted by Crippen LogP contribution is -2.65. The standard InChI is InChI=1S/C25H22N2O2/c26-16-22-25(21-13-11-20(12-14-21)19-9-5-2-6-10-19)23(17-28)27(22)24(29)15-18-7-3-1-4-8-18/h1-14,22-23,25,28H,15,17H2/t22-,23-,25+/m1/s1. The molecule has 4 nitrogen and oxygen atoms in total. The second-order valence-corrected chi connectivity index (χ2v) is 7.30. The van der Waals surface area contributed by atoms with E-state index in [-0.39, 0.29) is 30.9 Å². The number of rotatable bonds is 5. The van der Waals surface area contributed by atoms with Crippen molar-refractivity contribution >= 4 is 5.91 Å². The molecule has 0 bridgehead atoms. The summed E-state index contributed by atoms with van der Waals surface area (Å²) in [4.78, 5) is 14.4. The van der Waals surface area contributed by atoms with E-state index < -0.39 is 6.04 Å². The van der Waals surface area contributed by atoms with Crippen LogP contribution in [0.3, 0.4) is 0 Å². The fourth-order valence-corrected chi connectivity index (χ4v) is 4.14. The van der Waals surface area contributed by atoms with Gasteiger partial charge in [0.1, 0.15) is 6.04 Å². The first-order valence-corrected chi connectivity index (χ1v) is 9.74. The summed E-state index contributed by atoms with van der Waals surface area (Å²) in [5.74, 6) is -0.312. The number of benzene rings is 3. The van der Waals surface area contributed by atoms with Crippen LogP contribution in [-0.2, 0) is 11.2 Å². The Hall–Kier alpha value is -3.42. The molecule has 1 aliphatic rings. The maximum absolute atomic E-state index is 12.8. The largest absolute Gasteiger partial charge is 0.394 e. The molecule has 0 unspecified atom stereocenters. The number of hydrogen-bond acceptors (Lipinski definition) is 3. The molecule has 0 radical (unpaired) electrons. The number of carbonyl (C=O) groups excluding carboxylic acids is 1. The molecule has 1 aliphatic heterocycles. The van der Waals surface area contributed by atoms with E-state index in [0.717, 1.165) is 22.3 Å². The van der Waals surface area contributed by atoms with Crippen LogP contribution in [0.25, 0.3) is 11.1 Å². The molecule has 1 N–H and O–H groups in total. The first-order valence-electron chi connectivity index (χ1n) is 9.74. The maximum atomic E-state index is 12.8. The van der Waals surface area contributed by atoms with Crippen molar-refractivity contribution in [1.29, 1.82) is 5.26 Å². The van der Waals surface area contributed by atoms with Crippen LogP contribution in [0.5, 0.6) is 0 Å². The summed E-state index contributed by atoms with van der Waals surface area (Å²) in [6.45, 7) is -0.163. The van der Waals surface area contributed by atoms with Crippen molar-refractivity contribution in [2.45, 2.75) is 24.4 Å². The highest BCUT2D eigenvalue weighted by Crippen LogP contribution is 2.41. The Balaban J connectivity index is 1.54. The molecule has 144 valence electrons. The van der Waals surface area contributed by atoms with Crippen LogP contribution >= 0.6 is 0 Å². The van der Waals surface area contributed by atoms with Gasteiger partial charge in [-0.2, -0.15) is 5.26 Å². The monoisotopic (exact) mass is 382 g/mol. The number of hydrogen-bond donors (Lipinski definition) is 1. The van der Waals surface area contributed by atoms with Gasteiger partial charge >= 0.3 is 0 Å². The first kappa shape index (κ1) is 18.9. The number of likely N-dealkylation sites (tertiary alicyclic amines) is 1. The number of carbonyl (C=O) groups is 1. The zero-order chi connectivity index (χ0) is 20.2. The van der Waals surface area contributed by atoms with Crippen molar-refractivity contribution in [3.05, 3.63) is 96.1 Å². The van der Waals surface area contributed by atoms with Gasteiger partial charge in [0.25, 0.3) is 0 Å². The molecular formula is C25H22N2O2. The fourth-order valence-electron chi connectivity index (χ4n) is 4.14. The van der Waals surface area contributed by atoms with Crippen LogP contribution in [0.2, 0.25) is 0 Å². The predicted octanol–water partition coefficient (Wildman–Crippen LogP) is 3.78. The van der Waals surface area contributed by atoms with Crippen molar-refractivity contribution in [1.82, 2.24) is 4.90 Å². The molecule has 0 aromatic heterocycles. The Morgan fingerprint density at radius 1 is 0.897 bits per heavy atom. The molecule has 1 fully saturated rings. The van der Waals surface area contributed by atoms with E-state index >= 15 is 0 Å². The van der Waals surface area contributed by atoms with Crippen LogP contribution < -0.4 is 0 Å². The Kier molecular flexibility index (Phi) is 5.41. The fraction of sp³-hybridized carbons (Fsp3) is 0.200. The second kappa shape index (κ2) is 8.30. The van der Waals surface area contributed by atoms with E-state index in [0.29, 0.717) is 0 Å². The molecule has 4 heteroatoms. The number of nitrogens with zero attached hydrogens (tertiary/aromatic N) is 2. The van der Waals surface area contributed by atoms with Gasteiger partial charge in [0, 0.05) is 5.92 Å². The van der Waals surface area contributed by atoms with Gasteiger partial charge in [0.2, 0.25) is 5.91 Å². The van der Waals surface area contributed by atoms with Crippen molar-refractivity contribution < 1.29 is 9.90 Å². The molecule has 29 heavy (non-hydrogen) atoms. The summed E-state index contributed by atoms with van der Waals surface area (Å²) < 4.78 is 0. The van der Waals surface area contributed by atoms with Crippen LogP contribution in [0.4, 0.5) is 0 Å². The molecule has 3 aromatic carbocycles. The molecule has 0 aliphatic carbocycles. The average Bonchev–Trinajstić information content (AvgIpc) is 2.75. The molecule has 3 aromatic rings. The number of amides is 1. The van der Waals surface area contributed by atoms with Gasteiger partial charge in [-0.3, -0.25) is 4.79 Å². The van der Waals surface area contributed by atoms with Gasteiger partial charge in [-0.1, -0.05) is 84.9 Å². The zero-order valence-corrected chi connectivity index (χ0v) is 16.0. The van der Waals surface area contributed by atoms with Crippen molar-refractivity contribution in [2.24, 2.45) is 0 Å². The molecule has 0 saturated carbocycles. The molecular weight excluding hydrogens is 360 g/mol. The number of aliphatic hydroxyl groups excluding tert-OH is 1. The SMILES string of the molecule is N#C[C@@H]1[C@H](c2ccc(-c3ccccc3)cc2)[C@@H](CO)N1C(=O)Cc1ccccc1. The number of nitriles is 1. The van der Waals surface area contributed by atoms with Crippen LogP contribution in [0.15, 0.2) is 84.9 Å². The number of aliphatic hydroxyl groups is 1. The van der Waals surface area contributed by atoms with Gasteiger partial charge in [0.05, 0.1) is 25.1 Å². The Bertz CT molecular complexity index is 1010. The third-order valence-corrected chi connectivity index (χ3v) is 5.62. The molecule has 4 rings (SSSR count). The minimum atomic E-state index is -0.564. The molecule has 0 spiro atoms. The molecule has 1 amide bonds. The van der Waals surface area contributed by atoms with Crippen molar-refractivity contribution in [3.8, 4) is 17.2 Å². The zero-order valence-electron chi connectivity index (χ0n) is 16.0. The van der Waals surface area contributed by atoms with Crippen LogP contribution in [0, 0.1) is 11.3 Å². The van der Waals surface area contributed by atoms with Crippen LogP contribution in [-0.4, -0.2) is 34.6 Å². The minimum absolute atomic E-state index is 0.126. The summed E-state index contributed by atoms with van der Waals surface area (Å²) in [5.41, 5.74) is 4.10. The van der Waals surface area contributed by atoms with Gasteiger partial charge in [-0.15, -0.1) is 0 Å². The maximum Gasteiger partial charge on any atom is 0.228 e. The lowest BCUT2D eigenvalue weighted by Gasteiger charge is -2.51.